The fraction of sp³-hybridized carbons (Fsp3) is 0.333. The van der Waals surface area contributed by atoms with Crippen LogP contribution >= 0.6 is 11.6 Å². The van der Waals surface area contributed by atoms with E-state index in [-0.39, 0.29) is 0 Å². The van der Waals surface area contributed by atoms with Crippen LogP contribution in [0.1, 0.15) is 11.1 Å². The molecule has 0 radical (unpaired) electrons. The monoisotopic (exact) mass is 277 g/mol. The van der Waals surface area contributed by atoms with E-state index in [0.717, 1.165) is 36.0 Å². The maximum atomic E-state index is 6.14. The lowest BCUT2D eigenvalue weighted by molar-refractivity contribution is 0.345. The first-order valence-electron chi connectivity index (χ1n) is 6.31. The van der Waals surface area contributed by atoms with E-state index in [9.17, 15) is 0 Å². The number of hydrogen-bond acceptors (Lipinski definition) is 3. The maximum Gasteiger partial charge on any atom is 0.164 e. The molecule has 3 rings (SSSR count). The van der Waals surface area contributed by atoms with E-state index in [1.807, 2.05) is 18.2 Å². The minimum Gasteiger partial charge on any atom is -0.493 e. The first-order chi connectivity index (χ1) is 9.24. The van der Waals surface area contributed by atoms with Crippen LogP contribution in [-0.2, 0) is 6.42 Å². The highest BCUT2D eigenvalue weighted by atomic mass is 35.5. The smallest absolute Gasteiger partial charge is 0.164 e. The molecule has 0 fully saturated rings. The van der Waals surface area contributed by atoms with Crippen LogP contribution < -0.4 is 9.47 Å². The zero-order chi connectivity index (χ0) is 13.4. The highest BCUT2D eigenvalue weighted by Crippen LogP contribution is 2.41. The Morgan fingerprint density at radius 1 is 1.21 bits per heavy atom. The average Bonchev–Trinajstić information content (AvgIpc) is 2.45. The van der Waals surface area contributed by atoms with Gasteiger partial charge in [0.05, 0.1) is 14.2 Å². The number of benzene rings is 1. The summed E-state index contributed by atoms with van der Waals surface area (Å²) in [5, 5.41) is 0.800. The molecule has 100 valence electrons. The summed E-state index contributed by atoms with van der Waals surface area (Å²) in [7, 11) is 3.35. The van der Waals surface area contributed by atoms with Gasteiger partial charge in [-0.1, -0.05) is 11.6 Å². The van der Waals surface area contributed by atoms with Gasteiger partial charge >= 0.3 is 0 Å². The van der Waals surface area contributed by atoms with Crippen LogP contribution in [0.15, 0.2) is 29.3 Å². The van der Waals surface area contributed by atoms with Crippen LogP contribution in [0.3, 0.4) is 0 Å². The summed E-state index contributed by atoms with van der Waals surface area (Å²) in [5.74, 6) is 1.62. The third kappa shape index (κ3) is 1.98. The van der Waals surface area contributed by atoms with E-state index < -0.39 is 0 Å². The quantitative estimate of drug-likeness (QED) is 0.829. The molecule has 0 aromatic heterocycles. The van der Waals surface area contributed by atoms with Gasteiger partial charge in [-0.05, 0) is 30.7 Å². The summed E-state index contributed by atoms with van der Waals surface area (Å²) < 4.78 is 10.9. The zero-order valence-electron chi connectivity index (χ0n) is 11.1. The zero-order valence-corrected chi connectivity index (χ0v) is 11.8. The van der Waals surface area contributed by atoms with Crippen molar-refractivity contribution in [3.05, 3.63) is 40.4 Å². The predicted molar refractivity (Wildman–Crippen MR) is 76.7 cm³/mol. The van der Waals surface area contributed by atoms with Crippen molar-refractivity contribution in [1.82, 2.24) is 4.90 Å². The Labute approximate surface area is 118 Å². The van der Waals surface area contributed by atoms with Crippen LogP contribution in [0, 0.1) is 0 Å². The normalized spacial score (nSPS) is 17.1. The number of fused-ring (bicyclic) bond motifs is 3. The molecular formula is C15H16ClNO2. The Morgan fingerprint density at radius 2 is 2.05 bits per heavy atom. The first-order valence-corrected chi connectivity index (χ1v) is 6.69. The van der Waals surface area contributed by atoms with Crippen LogP contribution in [0.25, 0.3) is 5.70 Å². The molecule has 0 saturated heterocycles. The third-order valence-electron chi connectivity index (χ3n) is 3.68. The van der Waals surface area contributed by atoms with E-state index >= 15 is 0 Å². The number of rotatable bonds is 2. The molecular weight excluding hydrogens is 262 g/mol. The number of methoxy groups -OCH3 is 2. The summed E-state index contributed by atoms with van der Waals surface area (Å²) in [4.78, 5) is 2.33. The maximum absolute atomic E-state index is 6.14. The first kappa shape index (κ1) is 12.4. The molecule has 3 nitrogen and oxygen atoms in total. The van der Waals surface area contributed by atoms with Gasteiger partial charge in [-0.15, -0.1) is 0 Å². The Hall–Kier alpha value is -1.61. The largest absolute Gasteiger partial charge is 0.493 e. The molecule has 0 bridgehead atoms. The van der Waals surface area contributed by atoms with Crippen molar-refractivity contribution < 1.29 is 9.47 Å². The Balaban J connectivity index is 2.16. The lowest BCUT2D eigenvalue weighted by atomic mass is 9.93. The summed E-state index contributed by atoms with van der Waals surface area (Å²) in [6.07, 6.45) is 5.02. The van der Waals surface area contributed by atoms with E-state index in [4.69, 9.17) is 21.1 Å². The SMILES string of the molecule is COc1ccc2c(c1OC)CCN1CC=C(Cl)C=C21. The van der Waals surface area contributed by atoms with Gasteiger partial charge in [0.2, 0.25) is 0 Å². The summed E-state index contributed by atoms with van der Waals surface area (Å²) in [5.41, 5.74) is 3.57. The van der Waals surface area contributed by atoms with Gasteiger partial charge in [0.1, 0.15) is 0 Å². The summed E-state index contributed by atoms with van der Waals surface area (Å²) >= 11 is 6.14. The predicted octanol–water partition coefficient (Wildman–Crippen LogP) is 3.04. The standard InChI is InChI=1S/C15H16ClNO2/c1-18-14-4-3-11-12(15(14)19-2)6-8-17-7-5-10(16)9-13(11)17/h3-5,9H,6-8H2,1-2H3. The van der Waals surface area contributed by atoms with Crippen molar-refractivity contribution in [3.8, 4) is 11.5 Å². The van der Waals surface area contributed by atoms with Crippen molar-refractivity contribution in [2.45, 2.75) is 6.42 Å². The van der Waals surface area contributed by atoms with Crippen LogP contribution in [0.4, 0.5) is 0 Å². The minimum atomic E-state index is 0.785. The second-order valence-corrected chi connectivity index (χ2v) is 5.08. The summed E-state index contributed by atoms with van der Waals surface area (Å²) in [6, 6.07) is 4.04. The van der Waals surface area contributed by atoms with Gasteiger partial charge in [0.25, 0.3) is 0 Å². The van der Waals surface area contributed by atoms with E-state index in [0.29, 0.717) is 0 Å². The Kier molecular flexibility index (Phi) is 3.15. The molecule has 0 saturated carbocycles. The van der Waals surface area contributed by atoms with Crippen molar-refractivity contribution in [2.75, 3.05) is 27.3 Å². The van der Waals surface area contributed by atoms with Crippen LogP contribution in [0.2, 0.25) is 0 Å². The molecule has 2 heterocycles. The number of hydrogen-bond donors (Lipinski definition) is 0. The van der Waals surface area contributed by atoms with Crippen LogP contribution in [0.5, 0.6) is 11.5 Å². The van der Waals surface area contributed by atoms with Crippen molar-refractivity contribution in [3.63, 3.8) is 0 Å². The number of ether oxygens (including phenoxy) is 2. The number of allylic oxidation sites excluding steroid dienone is 2. The third-order valence-corrected chi connectivity index (χ3v) is 3.94. The Morgan fingerprint density at radius 3 is 2.79 bits per heavy atom. The van der Waals surface area contributed by atoms with E-state index in [1.165, 1.54) is 16.8 Å². The molecule has 0 spiro atoms. The van der Waals surface area contributed by atoms with Gasteiger partial charge in [0, 0.05) is 34.9 Å². The highest BCUT2D eigenvalue weighted by molar-refractivity contribution is 6.31. The molecule has 1 aromatic rings. The minimum absolute atomic E-state index is 0.785. The fourth-order valence-electron chi connectivity index (χ4n) is 2.76. The molecule has 0 unspecified atom stereocenters. The second-order valence-electron chi connectivity index (χ2n) is 4.64. The molecule has 19 heavy (non-hydrogen) atoms. The molecule has 0 atom stereocenters. The van der Waals surface area contributed by atoms with Gasteiger partial charge < -0.3 is 14.4 Å². The van der Waals surface area contributed by atoms with Crippen molar-refractivity contribution >= 4 is 17.3 Å². The van der Waals surface area contributed by atoms with Crippen molar-refractivity contribution in [1.29, 1.82) is 0 Å². The Bertz CT molecular complexity index is 578. The molecule has 2 aliphatic heterocycles. The molecule has 0 aliphatic carbocycles. The van der Waals surface area contributed by atoms with Gasteiger partial charge in [-0.3, -0.25) is 0 Å². The average molecular weight is 278 g/mol. The lowest BCUT2D eigenvalue weighted by Gasteiger charge is -2.35. The van der Waals surface area contributed by atoms with Crippen molar-refractivity contribution in [2.24, 2.45) is 0 Å². The molecule has 1 aromatic carbocycles. The van der Waals surface area contributed by atoms with E-state index in [1.54, 1.807) is 14.2 Å². The second kappa shape index (κ2) is 4.82. The molecule has 4 heteroatoms. The molecule has 2 aliphatic rings. The molecule has 0 amide bonds. The lowest BCUT2D eigenvalue weighted by Crippen LogP contribution is -2.31. The topological polar surface area (TPSA) is 21.7 Å². The molecule has 0 N–H and O–H groups in total. The van der Waals surface area contributed by atoms with Gasteiger partial charge in [-0.25, -0.2) is 0 Å². The van der Waals surface area contributed by atoms with Crippen LogP contribution in [-0.4, -0.2) is 32.2 Å². The van der Waals surface area contributed by atoms with Gasteiger partial charge in [0.15, 0.2) is 11.5 Å². The number of nitrogens with zero attached hydrogens (tertiary/aromatic N) is 1. The highest BCUT2D eigenvalue weighted by Gasteiger charge is 2.26. The van der Waals surface area contributed by atoms with E-state index in [2.05, 4.69) is 11.0 Å². The van der Waals surface area contributed by atoms with Gasteiger partial charge in [-0.2, -0.15) is 0 Å². The summed E-state index contributed by atoms with van der Waals surface area (Å²) in [6.45, 7) is 1.85. The fourth-order valence-corrected chi connectivity index (χ4v) is 2.93. The number of halogens is 1.